The largest absolute Gasteiger partial charge is 0.494 e. The number of halogens is 1. The molecule has 9 heteroatoms. The van der Waals surface area contributed by atoms with Crippen LogP contribution in [0.2, 0.25) is 0 Å². The van der Waals surface area contributed by atoms with Crippen LogP contribution in [0, 0.1) is 0 Å². The van der Waals surface area contributed by atoms with Gasteiger partial charge < -0.3 is 13.9 Å². The second-order valence-corrected chi connectivity index (χ2v) is 9.76. The number of fused-ring (bicyclic) bond motifs is 6. The Labute approximate surface area is 224 Å². The van der Waals surface area contributed by atoms with E-state index in [4.69, 9.17) is 18.9 Å². The lowest BCUT2D eigenvalue weighted by Crippen LogP contribution is -2.22. The molecule has 0 spiro atoms. The third-order valence-corrected chi connectivity index (χ3v) is 7.12. The Balaban J connectivity index is 1.50. The van der Waals surface area contributed by atoms with Crippen molar-refractivity contribution in [2.24, 2.45) is 0 Å². The van der Waals surface area contributed by atoms with Crippen LogP contribution in [0.4, 0.5) is 0 Å². The summed E-state index contributed by atoms with van der Waals surface area (Å²) in [5.74, 6) is 1.53. The molecule has 1 aliphatic heterocycles. The van der Waals surface area contributed by atoms with Gasteiger partial charge in [-0.25, -0.2) is 19.3 Å². The highest BCUT2D eigenvalue weighted by Gasteiger charge is 2.37. The summed E-state index contributed by atoms with van der Waals surface area (Å²) >= 11 is 3.47. The minimum Gasteiger partial charge on any atom is -0.494 e. The number of nitrogens with zero attached hydrogens (tertiary/aromatic N) is 4. The molecule has 0 fully saturated rings. The number of rotatable bonds is 4. The number of hydrogen-bond acceptors (Lipinski definition) is 7. The number of para-hydroxylation sites is 1. The van der Waals surface area contributed by atoms with Crippen LogP contribution in [0.15, 0.2) is 92.8 Å². The average Bonchev–Trinajstić information content (AvgIpc) is 3.38. The van der Waals surface area contributed by atoms with Gasteiger partial charge in [0.05, 0.1) is 29.0 Å². The second-order valence-electron chi connectivity index (χ2n) is 8.84. The van der Waals surface area contributed by atoms with E-state index in [0.717, 1.165) is 21.3 Å². The zero-order chi connectivity index (χ0) is 25.8. The maximum Gasteiger partial charge on any atom is 0.344 e. The first-order chi connectivity index (χ1) is 18.6. The zero-order valence-corrected chi connectivity index (χ0v) is 21.7. The molecule has 1 atom stereocenters. The van der Waals surface area contributed by atoms with Crippen molar-refractivity contribution in [3.05, 3.63) is 111 Å². The maximum atomic E-state index is 13.5. The van der Waals surface area contributed by atoms with Gasteiger partial charge in [-0.3, -0.25) is 0 Å². The molecule has 0 amide bonds. The molecule has 0 saturated carbocycles. The van der Waals surface area contributed by atoms with Crippen molar-refractivity contribution in [3.8, 4) is 28.8 Å². The molecule has 0 bridgehead atoms. The van der Waals surface area contributed by atoms with Gasteiger partial charge in [-0.15, -0.1) is 5.10 Å². The fraction of sp³-hybridized carbons (Fsp3) is 0.103. The van der Waals surface area contributed by atoms with E-state index in [1.807, 2.05) is 73.7 Å². The normalized spacial score (nSPS) is 14.2. The highest BCUT2D eigenvalue weighted by Crippen LogP contribution is 2.49. The molecule has 38 heavy (non-hydrogen) atoms. The van der Waals surface area contributed by atoms with E-state index in [2.05, 4.69) is 26.0 Å². The summed E-state index contributed by atoms with van der Waals surface area (Å²) in [7, 11) is 0. The number of ether oxygens (including phenoxy) is 2. The third kappa shape index (κ3) is 3.58. The van der Waals surface area contributed by atoms with Gasteiger partial charge in [-0.2, -0.15) is 0 Å². The predicted octanol–water partition coefficient (Wildman–Crippen LogP) is 6.34. The van der Waals surface area contributed by atoms with Gasteiger partial charge >= 0.3 is 5.63 Å². The molecule has 1 unspecified atom stereocenters. The first-order valence-corrected chi connectivity index (χ1v) is 12.9. The molecular weight excluding hydrogens is 548 g/mol. The molecule has 186 valence electrons. The Kier molecular flexibility index (Phi) is 5.26. The van der Waals surface area contributed by atoms with Gasteiger partial charge in [0.25, 0.3) is 0 Å². The molecule has 0 saturated heterocycles. The SMILES string of the molecule is CCOc1ccc(C2c3c(c4ccccc4oc3=O)Oc3ncn4nc(-c5ccc(Br)cc5)nc4c32)cc1. The van der Waals surface area contributed by atoms with Crippen molar-refractivity contribution in [1.29, 1.82) is 0 Å². The van der Waals surface area contributed by atoms with Crippen LogP contribution < -0.4 is 15.1 Å². The molecule has 7 rings (SSSR count). The van der Waals surface area contributed by atoms with Crippen molar-refractivity contribution in [1.82, 2.24) is 19.6 Å². The lowest BCUT2D eigenvalue weighted by atomic mass is 9.84. The van der Waals surface area contributed by atoms with E-state index >= 15 is 0 Å². The van der Waals surface area contributed by atoms with E-state index in [1.165, 1.54) is 0 Å². The van der Waals surface area contributed by atoms with Gasteiger partial charge in [0, 0.05) is 10.0 Å². The molecule has 0 radical (unpaired) electrons. The molecule has 0 N–H and O–H groups in total. The number of hydrogen-bond donors (Lipinski definition) is 0. The fourth-order valence-corrected chi connectivity index (χ4v) is 5.17. The highest BCUT2D eigenvalue weighted by atomic mass is 79.9. The predicted molar refractivity (Wildman–Crippen MR) is 145 cm³/mol. The Morgan fingerprint density at radius 3 is 2.58 bits per heavy atom. The minimum absolute atomic E-state index is 0.370. The van der Waals surface area contributed by atoms with Gasteiger partial charge in [0.1, 0.15) is 17.7 Å². The van der Waals surface area contributed by atoms with Crippen LogP contribution in [0.5, 0.6) is 17.4 Å². The Hall–Kier alpha value is -4.50. The van der Waals surface area contributed by atoms with E-state index in [0.29, 0.717) is 51.8 Å². The molecular formula is C29H19BrN4O4. The van der Waals surface area contributed by atoms with E-state index < -0.39 is 11.5 Å². The van der Waals surface area contributed by atoms with Crippen LogP contribution in [-0.2, 0) is 0 Å². The van der Waals surface area contributed by atoms with Gasteiger partial charge in [-0.05, 0) is 48.9 Å². The smallest absolute Gasteiger partial charge is 0.344 e. The van der Waals surface area contributed by atoms with Crippen molar-refractivity contribution < 1.29 is 13.9 Å². The maximum absolute atomic E-state index is 13.5. The van der Waals surface area contributed by atoms with Crippen LogP contribution in [0.1, 0.15) is 29.5 Å². The monoisotopic (exact) mass is 566 g/mol. The Morgan fingerprint density at radius 1 is 1.00 bits per heavy atom. The molecule has 0 aliphatic carbocycles. The topological polar surface area (TPSA) is 91.8 Å². The van der Waals surface area contributed by atoms with Crippen LogP contribution >= 0.6 is 15.9 Å². The van der Waals surface area contributed by atoms with Crippen molar-refractivity contribution in [3.63, 3.8) is 0 Å². The summed E-state index contributed by atoms with van der Waals surface area (Å²) in [4.78, 5) is 23.0. The number of benzene rings is 3. The second kappa shape index (κ2) is 8.81. The molecule has 8 nitrogen and oxygen atoms in total. The first kappa shape index (κ1) is 22.7. The quantitative estimate of drug-likeness (QED) is 0.229. The third-order valence-electron chi connectivity index (χ3n) is 6.59. The molecule has 3 aromatic heterocycles. The molecule has 6 aromatic rings. The lowest BCUT2D eigenvalue weighted by molar-refractivity contribution is 0.340. The minimum atomic E-state index is -0.552. The van der Waals surface area contributed by atoms with Crippen LogP contribution in [0.25, 0.3) is 28.0 Å². The summed E-state index contributed by atoms with van der Waals surface area (Å²) in [6, 6.07) is 22.7. The van der Waals surface area contributed by atoms with Gasteiger partial charge in [0.15, 0.2) is 17.2 Å². The van der Waals surface area contributed by atoms with E-state index in [-0.39, 0.29) is 0 Å². The van der Waals surface area contributed by atoms with Crippen LogP contribution in [-0.4, -0.2) is 26.2 Å². The highest BCUT2D eigenvalue weighted by molar-refractivity contribution is 9.10. The van der Waals surface area contributed by atoms with Gasteiger partial charge in [-0.1, -0.05) is 52.3 Å². The summed E-state index contributed by atoms with van der Waals surface area (Å²) in [5.41, 5.74) is 3.26. The zero-order valence-electron chi connectivity index (χ0n) is 20.1. The lowest BCUT2D eigenvalue weighted by Gasteiger charge is -2.27. The molecule has 3 aromatic carbocycles. The van der Waals surface area contributed by atoms with Gasteiger partial charge in [0.2, 0.25) is 5.88 Å². The summed E-state index contributed by atoms with van der Waals surface area (Å²) in [6.45, 7) is 2.49. The van der Waals surface area contributed by atoms with Crippen LogP contribution in [0.3, 0.4) is 0 Å². The van der Waals surface area contributed by atoms with E-state index in [9.17, 15) is 4.79 Å². The number of aromatic nitrogens is 4. The van der Waals surface area contributed by atoms with Crippen molar-refractivity contribution >= 4 is 32.5 Å². The summed E-state index contributed by atoms with van der Waals surface area (Å²) < 4.78 is 20.3. The molecule has 4 heterocycles. The van der Waals surface area contributed by atoms with E-state index in [1.54, 1.807) is 16.9 Å². The Morgan fingerprint density at radius 2 is 1.79 bits per heavy atom. The summed E-state index contributed by atoms with van der Waals surface area (Å²) in [5, 5.41) is 5.36. The van der Waals surface area contributed by atoms with Crippen molar-refractivity contribution in [2.75, 3.05) is 6.61 Å². The average molecular weight is 567 g/mol. The Bertz CT molecular complexity index is 1900. The standard InChI is InChI=1S/C29H19BrN4O4/c1-2-36-19-13-9-16(10-14-19)22-23-25(20-5-3-4-6-21(20)37-29(23)35)38-28-24(22)27-32-26(33-34(27)15-31-28)17-7-11-18(30)12-8-17/h3-15,22H,2H2,1H3. The molecule has 1 aliphatic rings. The summed E-state index contributed by atoms with van der Waals surface area (Å²) in [6.07, 6.45) is 1.58. The van der Waals surface area contributed by atoms with Crippen molar-refractivity contribution in [2.45, 2.75) is 12.8 Å². The fourth-order valence-electron chi connectivity index (χ4n) is 4.91. The first-order valence-electron chi connectivity index (χ1n) is 12.1.